The Labute approximate surface area is 187 Å². The Hall–Kier alpha value is -2.73. The van der Waals surface area contributed by atoms with E-state index in [4.69, 9.17) is 12.2 Å². The molecule has 0 atom stereocenters. The number of anilines is 1. The van der Waals surface area contributed by atoms with E-state index in [1.165, 1.54) is 24.1 Å². The van der Waals surface area contributed by atoms with Crippen LogP contribution in [0.15, 0.2) is 47.3 Å². The molecule has 1 aromatic heterocycles. The zero-order chi connectivity index (χ0) is 22.0. The van der Waals surface area contributed by atoms with Crippen LogP contribution in [0.1, 0.15) is 48.8 Å². The van der Waals surface area contributed by atoms with Gasteiger partial charge in [0.05, 0.1) is 12.1 Å². The number of thiocarbonyl (C=S) groups is 1. The van der Waals surface area contributed by atoms with Crippen LogP contribution >= 0.6 is 12.2 Å². The molecule has 1 saturated carbocycles. The fraction of sp³-hybridized carbons (Fsp3) is 0.360. The normalized spacial score (nSPS) is 14.5. The molecule has 162 valence electrons. The second-order valence-electron chi connectivity index (χ2n) is 8.53. The summed E-state index contributed by atoms with van der Waals surface area (Å²) in [4.78, 5) is 18.1. The van der Waals surface area contributed by atoms with Crippen LogP contribution < -0.4 is 10.9 Å². The highest BCUT2D eigenvalue weighted by atomic mass is 32.1. The molecule has 1 heterocycles. The lowest BCUT2D eigenvalue weighted by Gasteiger charge is -2.36. The number of aryl methyl sites for hydroxylation is 2. The highest BCUT2D eigenvalue weighted by Gasteiger charge is 2.24. The molecule has 1 fully saturated rings. The minimum atomic E-state index is -0.283. The average molecular weight is 438 g/mol. The number of nitrogens with zero attached hydrogens (tertiary/aromatic N) is 1. The first-order valence-electron chi connectivity index (χ1n) is 10.9. The van der Waals surface area contributed by atoms with Gasteiger partial charge in [-0.25, -0.2) is 4.39 Å². The highest BCUT2D eigenvalue weighted by Crippen LogP contribution is 2.26. The van der Waals surface area contributed by atoms with E-state index in [2.05, 4.69) is 34.3 Å². The van der Waals surface area contributed by atoms with Crippen LogP contribution in [0.25, 0.3) is 10.9 Å². The minimum Gasteiger partial charge on any atom is -0.342 e. The Balaban J connectivity index is 1.65. The number of hydrogen-bond acceptors (Lipinski definition) is 2. The van der Waals surface area contributed by atoms with E-state index in [9.17, 15) is 9.18 Å². The number of H-pyrrole nitrogens is 1. The number of fused-ring (bicyclic) bond motifs is 1. The molecule has 0 amide bonds. The summed E-state index contributed by atoms with van der Waals surface area (Å²) in [6, 6.07) is 12.6. The predicted molar refractivity (Wildman–Crippen MR) is 129 cm³/mol. The monoisotopic (exact) mass is 437 g/mol. The van der Waals surface area contributed by atoms with Crippen LogP contribution in [0.2, 0.25) is 0 Å². The number of aromatic amines is 1. The van der Waals surface area contributed by atoms with Crippen molar-refractivity contribution in [2.24, 2.45) is 0 Å². The summed E-state index contributed by atoms with van der Waals surface area (Å²) in [7, 11) is 0. The van der Waals surface area contributed by atoms with Gasteiger partial charge in [0.25, 0.3) is 5.56 Å². The van der Waals surface area contributed by atoms with Gasteiger partial charge in [-0.1, -0.05) is 30.9 Å². The van der Waals surface area contributed by atoms with Crippen molar-refractivity contribution in [1.82, 2.24) is 9.88 Å². The van der Waals surface area contributed by atoms with E-state index in [0.29, 0.717) is 17.2 Å². The lowest BCUT2D eigenvalue weighted by Crippen LogP contribution is -2.44. The van der Waals surface area contributed by atoms with Crippen molar-refractivity contribution in [3.63, 3.8) is 0 Å². The fourth-order valence-electron chi connectivity index (χ4n) is 4.52. The number of rotatable bonds is 4. The molecular formula is C25H28FN3OS. The molecule has 0 saturated heterocycles. The molecule has 2 aromatic carbocycles. The Morgan fingerprint density at radius 3 is 2.55 bits per heavy atom. The molecule has 0 spiro atoms. The molecule has 0 radical (unpaired) electrons. The van der Waals surface area contributed by atoms with Gasteiger partial charge < -0.3 is 15.2 Å². The lowest BCUT2D eigenvalue weighted by atomic mass is 9.94. The van der Waals surface area contributed by atoms with E-state index in [1.807, 2.05) is 13.0 Å². The second kappa shape index (κ2) is 9.18. The smallest absolute Gasteiger partial charge is 0.253 e. The molecule has 1 aliphatic rings. The summed E-state index contributed by atoms with van der Waals surface area (Å²) in [6.07, 6.45) is 5.65. The van der Waals surface area contributed by atoms with Gasteiger partial charge in [-0.05, 0) is 86.3 Å². The Morgan fingerprint density at radius 2 is 1.84 bits per heavy atom. The molecule has 31 heavy (non-hydrogen) atoms. The van der Waals surface area contributed by atoms with Gasteiger partial charge in [0, 0.05) is 17.3 Å². The SMILES string of the molecule is Cc1cc(C)c2[nH]c(=O)c(CN(C(=S)Nc3ccc(F)cc3)C3CCCCC3)cc2c1. The van der Waals surface area contributed by atoms with Crippen LogP contribution in [0, 0.1) is 19.7 Å². The molecule has 0 aliphatic heterocycles. The second-order valence-corrected chi connectivity index (χ2v) is 8.91. The number of aromatic nitrogens is 1. The van der Waals surface area contributed by atoms with Crippen molar-refractivity contribution in [1.29, 1.82) is 0 Å². The highest BCUT2D eigenvalue weighted by molar-refractivity contribution is 7.80. The average Bonchev–Trinajstić information content (AvgIpc) is 2.75. The zero-order valence-corrected chi connectivity index (χ0v) is 18.8. The van der Waals surface area contributed by atoms with Crippen molar-refractivity contribution in [2.75, 3.05) is 5.32 Å². The maximum absolute atomic E-state index is 13.3. The van der Waals surface area contributed by atoms with E-state index < -0.39 is 0 Å². The maximum Gasteiger partial charge on any atom is 0.253 e. The van der Waals surface area contributed by atoms with Crippen molar-refractivity contribution in [3.8, 4) is 0 Å². The minimum absolute atomic E-state index is 0.0788. The van der Waals surface area contributed by atoms with Crippen molar-refractivity contribution >= 4 is 33.9 Å². The molecule has 6 heteroatoms. The third kappa shape index (κ3) is 4.96. The standard InChI is InChI=1S/C25H28FN3OS/c1-16-12-17(2)23-18(13-16)14-19(24(30)28-23)15-29(22-6-4-3-5-7-22)25(31)27-21-10-8-20(26)9-11-21/h8-14,22H,3-7,15H2,1-2H3,(H,27,31)(H,28,30). The Morgan fingerprint density at radius 1 is 1.13 bits per heavy atom. The number of nitrogens with one attached hydrogen (secondary N) is 2. The number of benzene rings is 2. The molecule has 2 N–H and O–H groups in total. The Bertz CT molecular complexity index is 1150. The molecule has 0 unspecified atom stereocenters. The first-order chi connectivity index (χ1) is 14.9. The van der Waals surface area contributed by atoms with Crippen molar-refractivity contribution in [3.05, 3.63) is 75.3 Å². The van der Waals surface area contributed by atoms with Crippen molar-refractivity contribution < 1.29 is 4.39 Å². The molecule has 1 aliphatic carbocycles. The van der Waals surface area contributed by atoms with E-state index in [0.717, 1.165) is 47.8 Å². The maximum atomic E-state index is 13.3. The first kappa shape index (κ1) is 21.5. The van der Waals surface area contributed by atoms with Crippen LogP contribution in [-0.2, 0) is 6.54 Å². The summed E-state index contributed by atoms with van der Waals surface area (Å²) in [5, 5.41) is 4.84. The third-order valence-corrected chi connectivity index (χ3v) is 6.42. The molecule has 4 rings (SSSR count). The predicted octanol–water partition coefficient (Wildman–Crippen LogP) is 5.82. The number of halogens is 1. The topological polar surface area (TPSA) is 48.1 Å². The van der Waals surface area contributed by atoms with E-state index in [1.54, 1.807) is 12.1 Å². The molecule has 4 nitrogen and oxygen atoms in total. The van der Waals surface area contributed by atoms with Crippen LogP contribution in [0.5, 0.6) is 0 Å². The van der Waals surface area contributed by atoms with Gasteiger partial charge in [0.1, 0.15) is 5.82 Å². The van der Waals surface area contributed by atoms with E-state index in [-0.39, 0.29) is 17.4 Å². The molecule has 0 bridgehead atoms. The molecular weight excluding hydrogens is 409 g/mol. The summed E-state index contributed by atoms with van der Waals surface area (Å²) in [5.41, 5.74) is 4.48. The van der Waals surface area contributed by atoms with Gasteiger partial charge in [-0.15, -0.1) is 0 Å². The van der Waals surface area contributed by atoms with Gasteiger partial charge in [0.2, 0.25) is 0 Å². The fourth-order valence-corrected chi connectivity index (χ4v) is 4.85. The number of hydrogen-bond donors (Lipinski definition) is 2. The third-order valence-electron chi connectivity index (χ3n) is 6.08. The van der Waals surface area contributed by atoms with Gasteiger partial charge in [-0.3, -0.25) is 4.79 Å². The van der Waals surface area contributed by atoms with E-state index >= 15 is 0 Å². The van der Waals surface area contributed by atoms with Crippen LogP contribution in [0.3, 0.4) is 0 Å². The van der Waals surface area contributed by atoms with Crippen LogP contribution in [0.4, 0.5) is 10.1 Å². The lowest BCUT2D eigenvalue weighted by molar-refractivity contribution is 0.240. The zero-order valence-electron chi connectivity index (χ0n) is 18.0. The van der Waals surface area contributed by atoms with Gasteiger partial charge >= 0.3 is 0 Å². The van der Waals surface area contributed by atoms with Crippen molar-refractivity contribution in [2.45, 2.75) is 58.5 Å². The summed E-state index contributed by atoms with van der Waals surface area (Å²) >= 11 is 5.76. The number of pyridine rings is 1. The largest absolute Gasteiger partial charge is 0.342 e. The molecule has 3 aromatic rings. The van der Waals surface area contributed by atoms with Gasteiger partial charge in [-0.2, -0.15) is 0 Å². The summed E-state index contributed by atoms with van der Waals surface area (Å²) in [5.74, 6) is -0.283. The van der Waals surface area contributed by atoms with Crippen LogP contribution in [-0.4, -0.2) is 21.0 Å². The Kier molecular flexibility index (Phi) is 6.37. The first-order valence-corrected chi connectivity index (χ1v) is 11.3. The van der Waals surface area contributed by atoms with Gasteiger partial charge in [0.15, 0.2) is 5.11 Å². The quantitative estimate of drug-likeness (QED) is 0.505. The summed E-state index contributed by atoms with van der Waals surface area (Å²) < 4.78 is 13.3. The summed E-state index contributed by atoms with van der Waals surface area (Å²) in [6.45, 7) is 4.52.